The predicted molar refractivity (Wildman–Crippen MR) is 90.1 cm³/mol. The van der Waals surface area contributed by atoms with Gasteiger partial charge in [-0.1, -0.05) is 34.8 Å². The summed E-state index contributed by atoms with van der Waals surface area (Å²) < 4.78 is 65.1. The number of hydrogen-bond acceptors (Lipinski definition) is 2. The van der Waals surface area contributed by atoms with Crippen LogP contribution in [-0.4, -0.2) is 10.3 Å². The quantitative estimate of drug-likeness (QED) is 0.324. The van der Waals surface area contributed by atoms with Gasteiger partial charge in [0.05, 0.1) is 25.8 Å². The zero-order valence-electron chi connectivity index (χ0n) is 11.4. The summed E-state index contributed by atoms with van der Waals surface area (Å²) in [6.45, 7) is 0. The van der Waals surface area contributed by atoms with Gasteiger partial charge in [0, 0.05) is 0 Å². The number of halogens is 9. The van der Waals surface area contributed by atoms with Crippen LogP contribution in [0.2, 0.25) is 15.2 Å². The molecule has 0 saturated heterocycles. The Morgan fingerprint density at radius 3 is 2.08 bits per heavy atom. The van der Waals surface area contributed by atoms with Gasteiger partial charge in [0.1, 0.15) is 21.8 Å². The van der Waals surface area contributed by atoms with Gasteiger partial charge in [-0.2, -0.15) is 27.2 Å². The minimum atomic E-state index is -4.70. The number of hydrogen-bond donors (Lipinski definition) is 0. The molecule has 0 aliphatic heterocycles. The number of thioether (sulfide) groups is 1. The molecule has 0 aliphatic rings. The van der Waals surface area contributed by atoms with E-state index in [4.69, 9.17) is 40.1 Å². The first-order valence-corrected chi connectivity index (χ1v) is 8.80. The van der Waals surface area contributed by atoms with Gasteiger partial charge in [0.2, 0.25) is 0 Å². The molecule has 0 spiro atoms. The van der Waals surface area contributed by atoms with Crippen molar-refractivity contribution >= 4 is 62.5 Å². The number of rotatable bonds is 3. The Labute approximate surface area is 165 Å². The standard InChI is InChI=1S/C13H3BrCl3F5N2S/c14-8-5(3-23)10(17)24(11(8)25-12(18)19)9-6(15)1-4(2-7(9)16)13(20,21)22/h1-2,12H. The fraction of sp³-hybridized carbons (Fsp3) is 0.154. The number of benzene rings is 1. The third-order valence-electron chi connectivity index (χ3n) is 2.89. The van der Waals surface area contributed by atoms with Crippen molar-refractivity contribution < 1.29 is 22.0 Å². The summed E-state index contributed by atoms with van der Waals surface area (Å²) in [7, 11) is 0. The second-order valence-corrected chi connectivity index (χ2v) is 7.34. The molecule has 0 N–H and O–H groups in total. The fourth-order valence-corrected chi connectivity index (χ4v) is 4.45. The van der Waals surface area contributed by atoms with Crippen molar-refractivity contribution in [1.29, 1.82) is 5.26 Å². The van der Waals surface area contributed by atoms with Crippen LogP contribution in [0, 0.1) is 11.3 Å². The van der Waals surface area contributed by atoms with Crippen LogP contribution in [0.4, 0.5) is 22.0 Å². The van der Waals surface area contributed by atoms with Crippen molar-refractivity contribution in [3.05, 3.63) is 42.9 Å². The monoisotopic (exact) mass is 498 g/mol. The molecule has 0 amide bonds. The summed E-state index contributed by atoms with van der Waals surface area (Å²) in [6.07, 6.45) is -4.70. The molecule has 1 aromatic heterocycles. The van der Waals surface area contributed by atoms with Crippen LogP contribution in [-0.2, 0) is 6.18 Å². The van der Waals surface area contributed by atoms with Crippen LogP contribution >= 0.6 is 62.5 Å². The Balaban J connectivity index is 2.81. The molecule has 2 aromatic rings. The molecule has 1 heterocycles. The lowest BCUT2D eigenvalue weighted by molar-refractivity contribution is -0.137. The molecule has 12 heteroatoms. The molecule has 0 saturated carbocycles. The Bertz CT molecular complexity index is 853. The van der Waals surface area contributed by atoms with E-state index in [0.717, 1.165) is 4.57 Å². The van der Waals surface area contributed by atoms with E-state index in [0.29, 0.717) is 12.1 Å². The van der Waals surface area contributed by atoms with E-state index in [9.17, 15) is 22.0 Å². The fourth-order valence-electron chi connectivity index (χ4n) is 1.92. The Kier molecular flexibility index (Phi) is 6.22. The molecule has 134 valence electrons. The lowest BCUT2D eigenvalue weighted by Crippen LogP contribution is -2.07. The average molecular weight is 501 g/mol. The number of nitriles is 1. The molecular formula is C13H3BrCl3F5N2S. The smallest absolute Gasteiger partial charge is 0.290 e. The maximum absolute atomic E-state index is 12.9. The third-order valence-corrected chi connectivity index (χ3v) is 5.65. The van der Waals surface area contributed by atoms with Gasteiger partial charge in [-0.3, -0.25) is 4.57 Å². The summed E-state index contributed by atoms with van der Waals surface area (Å²) >= 11 is 20.9. The Hall–Kier alpha value is -0.660. The molecule has 2 nitrogen and oxygen atoms in total. The van der Waals surface area contributed by atoms with Crippen molar-refractivity contribution in [3.63, 3.8) is 0 Å². The van der Waals surface area contributed by atoms with Crippen LogP contribution in [0.25, 0.3) is 5.69 Å². The largest absolute Gasteiger partial charge is 0.416 e. The third kappa shape index (κ3) is 4.03. The van der Waals surface area contributed by atoms with E-state index in [1.165, 1.54) is 0 Å². The lowest BCUT2D eigenvalue weighted by Gasteiger charge is -2.16. The Morgan fingerprint density at radius 2 is 1.68 bits per heavy atom. The van der Waals surface area contributed by atoms with Crippen molar-refractivity contribution in [2.75, 3.05) is 0 Å². The predicted octanol–water partition coefficient (Wildman–Crippen LogP) is 7.41. The van der Waals surface area contributed by atoms with Crippen LogP contribution in [0.5, 0.6) is 0 Å². The SMILES string of the molecule is N#Cc1c(Br)c(SC(F)F)n(-c2c(Cl)cc(C(F)(F)F)cc2Cl)c1Cl. The van der Waals surface area contributed by atoms with Gasteiger partial charge in [0.15, 0.2) is 0 Å². The van der Waals surface area contributed by atoms with Crippen LogP contribution < -0.4 is 0 Å². The molecule has 0 bridgehead atoms. The van der Waals surface area contributed by atoms with E-state index in [1.807, 2.05) is 0 Å². The highest BCUT2D eigenvalue weighted by atomic mass is 79.9. The van der Waals surface area contributed by atoms with Crippen molar-refractivity contribution in [2.24, 2.45) is 0 Å². The molecule has 0 radical (unpaired) electrons. The topological polar surface area (TPSA) is 28.7 Å². The van der Waals surface area contributed by atoms with Gasteiger partial charge in [0.25, 0.3) is 5.76 Å². The molecule has 0 aliphatic carbocycles. The normalized spacial score (nSPS) is 11.9. The van der Waals surface area contributed by atoms with Crippen LogP contribution in [0.15, 0.2) is 21.6 Å². The summed E-state index contributed by atoms with van der Waals surface area (Å²) in [5, 5.41) is 7.64. The zero-order chi connectivity index (χ0) is 19.1. The summed E-state index contributed by atoms with van der Waals surface area (Å²) in [5.74, 6) is -2.89. The van der Waals surface area contributed by atoms with E-state index in [2.05, 4.69) is 15.9 Å². The van der Waals surface area contributed by atoms with Crippen LogP contribution in [0.3, 0.4) is 0 Å². The molecule has 1 aromatic carbocycles. The molecule has 0 atom stereocenters. The maximum Gasteiger partial charge on any atom is 0.416 e. The van der Waals surface area contributed by atoms with Crippen LogP contribution in [0.1, 0.15) is 11.1 Å². The highest BCUT2D eigenvalue weighted by molar-refractivity contribution is 9.10. The zero-order valence-corrected chi connectivity index (χ0v) is 16.1. The van der Waals surface area contributed by atoms with Crippen molar-refractivity contribution in [2.45, 2.75) is 17.0 Å². The highest BCUT2D eigenvalue weighted by Gasteiger charge is 2.33. The van der Waals surface area contributed by atoms with Gasteiger partial charge in [-0.05, 0) is 39.8 Å². The number of aromatic nitrogens is 1. The minimum absolute atomic E-state index is 0.0317. The summed E-state index contributed by atoms with van der Waals surface area (Å²) in [6, 6.07) is 2.90. The second kappa shape index (κ2) is 7.53. The van der Waals surface area contributed by atoms with E-state index >= 15 is 0 Å². The van der Waals surface area contributed by atoms with E-state index in [1.54, 1.807) is 6.07 Å². The molecular weight excluding hydrogens is 497 g/mol. The molecule has 2 rings (SSSR count). The molecule has 25 heavy (non-hydrogen) atoms. The van der Waals surface area contributed by atoms with E-state index in [-0.39, 0.29) is 37.7 Å². The molecule has 0 unspecified atom stereocenters. The highest BCUT2D eigenvalue weighted by Crippen LogP contribution is 2.46. The lowest BCUT2D eigenvalue weighted by atomic mass is 10.2. The van der Waals surface area contributed by atoms with Crippen molar-refractivity contribution in [1.82, 2.24) is 4.57 Å². The van der Waals surface area contributed by atoms with Gasteiger partial charge < -0.3 is 0 Å². The van der Waals surface area contributed by atoms with Gasteiger partial charge in [-0.15, -0.1) is 0 Å². The summed E-state index contributed by atoms with van der Waals surface area (Å²) in [5.41, 5.74) is -1.54. The minimum Gasteiger partial charge on any atom is -0.290 e. The van der Waals surface area contributed by atoms with E-state index < -0.39 is 27.5 Å². The summed E-state index contributed by atoms with van der Waals surface area (Å²) in [4.78, 5) is 0. The number of alkyl halides is 5. The van der Waals surface area contributed by atoms with Gasteiger partial charge >= 0.3 is 6.18 Å². The first-order chi connectivity index (χ1) is 11.5. The number of nitrogens with zero attached hydrogens (tertiary/aromatic N) is 2. The maximum atomic E-state index is 12.9. The first-order valence-electron chi connectivity index (χ1n) is 6.00. The Morgan fingerprint density at radius 1 is 1.16 bits per heavy atom. The molecule has 0 fully saturated rings. The first kappa shape index (κ1) is 20.6. The average Bonchev–Trinajstić information content (AvgIpc) is 2.69. The van der Waals surface area contributed by atoms with Crippen molar-refractivity contribution in [3.8, 4) is 11.8 Å². The van der Waals surface area contributed by atoms with Gasteiger partial charge in [-0.25, -0.2) is 0 Å². The second-order valence-electron chi connectivity index (χ2n) is 4.40.